The number of hydrogen-bond donors (Lipinski definition) is 2. The van der Waals surface area contributed by atoms with Gasteiger partial charge >= 0.3 is 6.18 Å². The molecule has 0 radical (unpaired) electrons. The molecule has 1 saturated heterocycles. The zero-order valence-corrected chi connectivity index (χ0v) is 11.8. The van der Waals surface area contributed by atoms with Gasteiger partial charge in [0.05, 0.1) is 5.56 Å². The van der Waals surface area contributed by atoms with Crippen LogP contribution >= 0.6 is 0 Å². The number of aromatic nitrogens is 1. The molecule has 1 fully saturated rings. The van der Waals surface area contributed by atoms with Crippen molar-refractivity contribution in [2.75, 3.05) is 29.2 Å². The highest BCUT2D eigenvalue weighted by atomic mass is 32.2. The Kier molecular flexibility index (Phi) is 4.52. The summed E-state index contributed by atoms with van der Waals surface area (Å²) in [6.45, 7) is 0. The van der Waals surface area contributed by atoms with Crippen LogP contribution in [0.25, 0.3) is 0 Å². The van der Waals surface area contributed by atoms with Gasteiger partial charge in [0.2, 0.25) is 0 Å². The van der Waals surface area contributed by atoms with Gasteiger partial charge in [-0.2, -0.15) is 13.2 Å². The van der Waals surface area contributed by atoms with Crippen LogP contribution in [0.5, 0.6) is 0 Å². The van der Waals surface area contributed by atoms with E-state index in [4.69, 9.17) is 0 Å². The Morgan fingerprint density at radius 3 is 2.40 bits per heavy atom. The summed E-state index contributed by atoms with van der Waals surface area (Å²) in [5, 5.41) is 5.63. The zero-order chi connectivity index (χ0) is 14.8. The normalized spacial score (nSPS) is 23.4. The van der Waals surface area contributed by atoms with Crippen LogP contribution in [0.3, 0.4) is 0 Å². The van der Waals surface area contributed by atoms with Gasteiger partial charge in [0.15, 0.2) is 0 Å². The summed E-state index contributed by atoms with van der Waals surface area (Å²) in [6, 6.07) is 2.00. The SMILES string of the molecule is CNc1cc(C(F)(F)F)cc(NC2CCS(=O)CC2)n1. The fourth-order valence-corrected chi connectivity index (χ4v) is 3.34. The molecule has 2 rings (SSSR count). The Morgan fingerprint density at radius 1 is 1.25 bits per heavy atom. The lowest BCUT2D eigenvalue weighted by Crippen LogP contribution is -2.29. The van der Waals surface area contributed by atoms with E-state index in [9.17, 15) is 17.4 Å². The van der Waals surface area contributed by atoms with Gasteiger partial charge in [0, 0.05) is 35.4 Å². The van der Waals surface area contributed by atoms with Crippen LogP contribution in [0.2, 0.25) is 0 Å². The van der Waals surface area contributed by atoms with Crippen molar-refractivity contribution in [3.63, 3.8) is 0 Å². The first-order valence-corrected chi connectivity index (χ1v) is 7.76. The molecule has 1 aromatic rings. The van der Waals surface area contributed by atoms with Gasteiger partial charge in [-0.15, -0.1) is 0 Å². The second-order valence-electron chi connectivity index (χ2n) is 4.64. The monoisotopic (exact) mass is 307 g/mol. The maximum Gasteiger partial charge on any atom is 0.416 e. The van der Waals surface area contributed by atoms with Crippen LogP contribution < -0.4 is 10.6 Å². The van der Waals surface area contributed by atoms with E-state index in [2.05, 4.69) is 15.6 Å². The predicted molar refractivity (Wildman–Crippen MR) is 73.3 cm³/mol. The highest BCUT2D eigenvalue weighted by molar-refractivity contribution is 7.85. The lowest BCUT2D eigenvalue weighted by molar-refractivity contribution is -0.137. The second-order valence-corrected chi connectivity index (χ2v) is 6.34. The van der Waals surface area contributed by atoms with Crippen molar-refractivity contribution in [1.29, 1.82) is 0 Å². The molecular formula is C12H16F3N3OS. The van der Waals surface area contributed by atoms with E-state index in [1.807, 2.05) is 0 Å². The smallest absolute Gasteiger partial charge is 0.373 e. The third-order valence-corrected chi connectivity index (χ3v) is 4.53. The average molecular weight is 307 g/mol. The number of anilines is 2. The molecular weight excluding hydrogens is 291 g/mol. The summed E-state index contributed by atoms with van der Waals surface area (Å²) in [6.07, 6.45) is -3.04. The van der Waals surface area contributed by atoms with Crippen molar-refractivity contribution < 1.29 is 17.4 Å². The molecule has 0 saturated carbocycles. The molecule has 0 aliphatic carbocycles. The van der Waals surface area contributed by atoms with E-state index in [0.717, 1.165) is 12.1 Å². The van der Waals surface area contributed by atoms with Crippen molar-refractivity contribution in [1.82, 2.24) is 4.98 Å². The molecule has 8 heteroatoms. The number of pyridine rings is 1. The minimum Gasteiger partial charge on any atom is -0.373 e. The first-order valence-electron chi connectivity index (χ1n) is 6.27. The Morgan fingerprint density at radius 2 is 1.85 bits per heavy atom. The van der Waals surface area contributed by atoms with E-state index in [-0.39, 0.29) is 17.7 Å². The highest BCUT2D eigenvalue weighted by Crippen LogP contribution is 2.32. The third-order valence-electron chi connectivity index (χ3n) is 3.15. The van der Waals surface area contributed by atoms with Crippen molar-refractivity contribution in [3.05, 3.63) is 17.7 Å². The molecule has 0 aromatic carbocycles. The lowest BCUT2D eigenvalue weighted by atomic mass is 10.1. The van der Waals surface area contributed by atoms with Crippen LogP contribution in [0.1, 0.15) is 18.4 Å². The minimum atomic E-state index is -4.40. The van der Waals surface area contributed by atoms with E-state index in [1.165, 1.54) is 7.05 Å². The van der Waals surface area contributed by atoms with Gasteiger partial charge in [0.1, 0.15) is 11.6 Å². The molecule has 112 valence electrons. The van der Waals surface area contributed by atoms with Crippen molar-refractivity contribution in [3.8, 4) is 0 Å². The van der Waals surface area contributed by atoms with Crippen LogP contribution in [0, 0.1) is 0 Å². The highest BCUT2D eigenvalue weighted by Gasteiger charge is 2.32. The number of nitrogens with one attached hydrogen (secondary N) is 2. The van der Waals surface area contributed by atoms with Gasteiger partial charge in [-0.3, -0.25) is 4.21 Å². The molecule has 0 amide bonds. The Balaban J connectivity index is 2.16. The number of rotatable bonds is 3. The van der Waals surface area contributed by atoms with E-state index >= 15 is 0 Å². The van der Waals surface area contributed by atoms with Gasteiger partial charge in [0.25, 0.3) is 0 Å². The van der Waals surface area contributed by atoms with Crippen LogP contribution in [-0.4, -0.2) is 33.8 Å². The Bertz CT molecular complexity index is 497. The molecule has 0 bridgehead atoms. The van der Waals surface area contributed by atoms with E-state index in [0.29, 0.717) is 24.3 Å². The van der Waals surface area contributed by atoms with Crippen molar-refractivity contribution in [2.24, 2.45) is 0 Å². The number of nitrogens with zero attached hydrogens (tertiary/aromatic N) is 1. The number of hydrogen-bond acceptors (Lipinski definition) is 4. The van der Waals surface area contributed by atoms with Crippen molar-refractivity contribution in [2.45, 2.75) is 25.1 Å². The summed E-state index contributed by atoms with van der Waals surface area (Å²) in [7, 11) is 0.728. The quantitative estimate of drug-likeness (QED) is 0.901. The molecule has 0 atom stereocenters. The second kappa shape index (κ2) is 5.99. The summed E-state index contributed by atoms with van der Waals surface area (Å²) >= 11 is 0. The third kappa shape index (κ3) is 3.84. The van der Waals surface area contributed by atoms with Gasteiger partial charge < -0.3 is 10.6 Å². The molecule has 1 aliphatic rings. The summed E-state index contributed by atoms with van der Waals surface area (Å²) < 4.78 is 49.6. The fraction of sp³-hybridized carbons (Fsp3) is 0.583. The molecule has 2 heterocycles. The molecule has 2 N–H and O–H groups in total. The first kappa shape index (κ1) is 15.1. The van der Waals surface area contributed by atoms with Crippen molar-refractivity contribution >= 4 is 22.4 Å². The van der Waals surface area contributed by atoms with Gasteiger partial charge in [-0.1, -0.05) is 0 Å². The molecule has 20 heavy (non-hydrogen) atoms. The molecule has 1 aromatic heterocycles. The number of alkyl halides is 3. The average Bonchev–Trinajstić information content (AvgIpc) is 2.40. The maximum atomic E-state index is 12.8. The molecule has 0 unspecified atom stereocenters. The van der Waals surface area contributed by atoms with Gasteiger partial charge in [-0.05, 0) is 25.0 Å². The Hall–Kier alpha value is -1.31. The minimum absolute atomic E-state index is 0.0217. The van der Waals surface area contributed by atoms with Crippen LogP contribution in [0.4, 0.5) is 24.8 Å². The van der Waals surface area contributed by atoms with E-state index in [1.54, 1.807) is 0 Å². The zero-order valence-electron chi connectivity index (χ0n) is 11.0. The first-order chi connectivity index (χ1) is 9.38. The van der Waals surface area contributed by atoms with Crippen LogP contribution in [-0.2, 0) is 17.0 Å². The van der Waals surface area contributed by atoms with E-state index < -0.39 is 22.5 Å². The summed E-state index contributed by atoms with van der Waals surface area (Å²) in [5.41, 5.74) is -0.737. The van der Waals surface area contributed by atoms with Gasteiger partial charge in [-0.25, -0.2) is 4.98 Å². The summed E-state index contributed by atoms with van der Waals surface area (Å²) in [4.78, 5) is 4.08. The molecule has 4 nitrogen and oxygen atoms in total. The number of halogens is 3. The predicted octanol–water partition coefficient (Wildman–Crippen LogP) is 2.47. The molecule has 1 aliphatic heterocycles. The Labute approximate surface area is 117 Å². The standard InChI is InChI=1S/C12H16F3N3OS/c1-16-10-6-8(12(13,14)15)7-11(18-10)17-9-2-4-20(19)5-3-9/h6-7,9H,2-5H2,1H3,(H2,16,17,18). The van der Waals surface area contributed by atoms with Crippen LogP contribution in [0.15, 0.2) is 12.1 Å². The largest absolute Gasteiger partial charge is 0.416 e. The summed E-state index contributed by atoms with van der Waals surface area (Å²) in [5.74, 6) is 1.52. The molecule has 0 spiro atoms. The topological polar surface area (TPSA) is 54.0 Å². The fourth-order valence-electron chi connectivity index (χ4n) is 2.04. The maximum absolute atomic E-state index is 12.8. The lowest BCUT2D eigenvalue weighted by Gasteiger charge is -2.23.